The molecular formula is AgDySe2. The zero-order valence-corrected chi connectivity index (χ0v) is 8.37. The van der Waals surface area contributed by atoms with Crippen molar-refractivity contribution in [2.75, 3.05) is 0 Å². The van der Waals surface area contributed by atoms with Crippen LogP contribution in [0.1, 0.15) is 0 Å². The molecule has 0 unspecified atom stereocenters. The fourth-order valence-electron chi connectivity index (χ4n) is 0. The maximum Gasteiger partial charge on any atom is 3.00 e. The molecule has 0 aromatic carbocycles. The monoisotopic (exact) mass is 431 g/mol. The summed E-state index contributed by atoms with van der Waals surface area (Å²) < 4.78 is 0. The van der Waals surface area contributed by atoms with Gasteiger partial charge in [-0.05, 0) is 0 Å². The van der Waals surface area contributed by atoms with E-state index in [0.29, 0.717) is 0 Å². The molecule has 0 atom stereocenters. The normalized spacial score (nSPS) is 0. The first kappa shape index (κ1) is 27.7. The molecule has 0 amide bonds. The van der Waals surface area contributed by atoms with Crippen molar-refractivity contribution in [1.82, 2.24) is 0 Å². The van der Waals surface area contributed by atoms with Crippen molar-refractivity contribution in [2.24, 2.45) is 0 Å². The maximum absolute atomic E-state index is 0. The van der Waals surface area contributed by atoms with Crippen molar-refractivity contribution in [3.8, 4) is 0 Å². The third-order valence-corrected chi connectivity index (χ3v) is 0. The van der Waals surface area contributed by atoms with Gasteiger partial charge in [-0.15, -0.1) is 0 Å². The number of hydrogen-bond donors (Lipinski definition) is 0. The van der Waals surface area contributed by atoms with Crippen LogP contribution in [-0.4, -0.2) is 34.1 Å². The van der Waals surface area contributed by atoms with Crippen LogP contribution in [-0.2, 0) is 22.4 Å². The molecule has 0 aliphatic rings. The Bertz CT molecular complexity index is 6.00. The van der Waals surface area contributed by atoms with Crippen LogP contribution in [0, 0.1) is 38.2 Å². The third kappa shape index (κ3) is 8.90. The molecule has 33 valence electrons. The molecule has 0 spiro atoms. The summed E-state index contributed by atoms with van der Waals surface area (Å²) in [5.74, 6) is 0. The largest absolute Gasteiger partial charge is 3.00 e. The van der Waals surface area contributed by atoms with Gasteiger partial charge in [0, 0.05) is 0 Å². The Balaban J connectivity index is 0. The minimum Gasteiger partial charge on any atom is -2.00 e. The topological polar surface area (TPSA) is 0 Å². The van der Waals surface area contributed by atoms with Gasteiger partial charge in [0.25, 0.3) is 0 Å². The van der Waals surface area contributed by atoms with Gasteiger partial charge in [-0.2, -0.15) is 0 Å². The van der Waals surface area contributed by atoms with E-state index in [2.05, 4.69) is 0 Å². The number of hydrogen-bond acceptors (Lipinski definition) is 0. The minimum absolute atomic E-state index is 0. The maximum atomic E-state index is 0. The van der Waals surface area contributed by atoms with Gasteiger partial charge in [-0.1, -0.05) is 0 Å². The molecule has 0 bridgehead atoms. The Morgan fingerprint density at radius 3 is 0.750 bits per heavy atom. The summed E-state index contributed by atoms with van der Waals surface area (Å²) in [6.45, 7) is 0. The molecule has 0 aromatic heterocycles. The van der Waals surface area contributed by atoms with E-state index in [1.807, 2.05) is 0 Å². The van der Waals surface area contributed by atoms with Crippen molar-refractivity contribution < 1.29 is 60.6 Å². The van der Waals surface area contributed by atoms with Gasteiger partial charge in [0.05, 0.1) is 0 Å². The van der Waals surface area contributed by atoms with Crippen LogP contribution in [0.2, 0.25) is 0 Å². The summed E-state index contributed by atoms with van der Waals surface area (Å²) in [5.41, 5.74) is 0. The Hall–Kier alpha value is 3.05. The van der Waals surface area contributed by atoms with Gasteiger partial charge >= 0.3 is 60.6 Å². The minimum atomic E-state index is 0. The van der Waals surface area contributed by atoms with Crippen LogP contribution < -0.4 is 0 Å². The van der Waals surface area contributed by atoms with E-state index in [1.165, 1.54) is 0 Å². The van der Waals surface area contributed by atoms with Gasteiger partial charge < -0.3 is 34.1 Å². The van der Waals surface area contributed by atoms with E-state index < -0.39 is 0 Å². The van der Waals surface area contributed by atoms with E-state index in [4.69, 9.17) is 0 Å². The summed E-state index contributed by atoms with van der Waals surface area (Å²) in [5, 5.41) is 0. The Labute approximate surface area is 92.7 Å². The molecule has 0 aliphatic carbocycles. The van der Waals surface area contributed by atoms with E-state index in [1.54, 1.807) is 0 Å². The standard InChI is InChI=1S/Ag.Dy.2Se/q+1;+3;2*-2. The summed E-state index contributed by atoms with van der Waals surface area (Å²) in [4.78, 5) is 0. The molecule has 4 heteroatoms. The molecule has 0 rings (SSSR count). The summed E-state index contributed by atoms with van der Waals surface area (Å²) >= 11 is 0. The van der Waals surface area contributed by atoms with Crippen LogP contribution in [0.5, 0.6) is 0 Å². The molecule has 0 fully saturated rings. The summed E-state index contributed by atoms with van der Waals surface area (Å²) in [6, 6.07) is 0. The van der Waals surface area contributed by atoms with E-state index in [0.717, 1.165) is 0 Å². The van der Waals surface area contributed by atoms with Gasteiger partial charge in [0.2, 0.25) is 0 Å². The van der Waals surface area contributed by atoms with Crippen molar-refractivity contribution >= 4 is 34.1 Å². The van der Waals surface area contributed by atoms with E-state index in [9.17, 15) is 0 Å². The Morgan fingerprint density at radius 1 is 0.750 bits per heavy atom. The molecular weight excluding hydrogens is 428 g/mol. The van der Waals surface area contributed by atoms with Crippen molar-refractivity contribution in [3.05, 3.63) is 0 Å². The Kier molecular flexibility index (Phi) is 115. The van der Waals surface area contributed by atoms with Gasteiger partial charge in [-0.3, -0.25) is 0 Å². The predicted molar refractivity (Wildman–Crippen MR) is 11.5 cm³/mol. The van der Waals surface area contributed by atoms with Crippen molar-refractivity contribution in [3.63, 3.8) is 0 Å². The second-order valence-electron chi connectivity index (χ2n) is 0. The molecule has 0 nitrogen and oxygen atoms in total. The molecule has 0 saturated carbocycles. The summed E-state index contributed by atoms with van der Waals surface area (Å²) in [7, 11) is 0. The van der Waals surface area contributed by atoms with Crippen LogP contribution in [0.4, 0.5) is 0 Å². The molecule has 0 saturated heterocycles. The first-order valence-corrected chi connectivity index (χ1v) is 0. The van der Waals surface area contributed by atoms with Crippen LogP contribution >= 0.6 is 0 Å². The number of rotatable bonds is 0. The second kappa shape index (κ2) is 16.6. The molecule has 4 heavy (non-hydrogen) atoms. The average Bonchev–Trinajstić information content (AvgIpc) is 0. The average molecular weight is 428 g/mol. The van der Waals surface area contributed by atoms with E-state index in [-0.39, 0.29) is 94.7 Å². The fourth-order valence-corrected chi connectivity index (χ4v) is 0. The zero-order chi connectivity index (χ0) is 0. The Morgan fingerprint density at radius 2 is 0.750 bits per heavy atom. The van der Waals surface area contributed by atoms with Crippen LogP contribution in [0.3, 0.4) is 0 Å². The fraction of sp³-hybridized carbons (Fsp3) is 0. The van der Waals surface area contributed by atoms with Crippen LogP contribution in [0.15, 0.2) is 0 Å². The third-order valence-electron chi connectivity index (χ3n) is 0. The molecule has 0 aromatic rings. The smallest absolute Gasteiger partial charge is 2.00 e. The first-order chi connectivity index (χ1) is 0. The zero-order valence-electron chi connectivity index (χ0n) is 1.43. The quantitative estimate of drug-likeness (QED) is 0.445. The van der Waals surface area contributed by atoms with E-state index >= 15 is 0 Å². The van der Waals surface area contributed by atoms with Gasteiger partial charge in [0.15, 0.2) is 0 Å². The molecule has 1 radical (unpaired) electrons. The molecule has 0 heterocycles. The first-order valence-electron chi connectivity index (χ1n) is 0. The summed E-state index contributed by atoms with van der Waals surface area (Å²) in [6.07, 6.45) is 0. The SMILES string of the molecule is [Ag+].[Dy+3].[Se-2].[Se-2]. The predicted octanol–water partition coefficient (Wildman–Crippen LogP) is -0.764. The van der Waals surface area contributed by atoms with Crippen molar-refractivity contribution in [1.29, 1.82) is 0 Å². The van der Waals surface area contributed by atoms with Gasteiger partial charge in [-0.25, -0.2) is 0 Å². The molecule has 0 aliphatic heterocycles. The second-order valence-corrected chi connectivity index (χ2v) is 0. The van der Waals surface area contributed by atoms with Crippen molar-refractivity contribution in [2.45, 2.75) is 0 Å². The van der Waals surface area contributed by atoms with Gasteiger partial charge in [0.1, 0.15) is 0 Å². The van der Waals surface area contributed by atoms with Crippen LogP contribution in [0.25, 0.3) is 0 Å². The molecule has 0 N–H and O–H groups in total.